The Morgan fingerprint density at radius 1 is 1.18 bits per heavy atom. The fourth-order valence-corrected chi connectivity index (χ4v) is 4.96. The SMILES string of the molecule is COC(=O)C1=CCC(Cn2ccc3cc(C4CCN(Cc5ccncc5)CC4)cnc32)C=C1. The normalized spacial score (nSPS) is 19.5. The Hall–Kier alpha value is -3.25. The van der Waals surface area contributed by atoms with Gasteiger partial charge >= 0.3 is 5.97 Å². The molecular formula is C27H30N4O2. The highest BCUT2D eigenvalue weighted by Crippen LogP contribution is 2.30. The summed E-state index contributed by atoms with van der Waals surface area (Å²) < 4.78 is 7.03. The number of hydrogen-bond donors (Lipinski definition) is 0. The van der Waals surface area contributed by atoms with Gasteiger partial charge in [-0.05, 0) is 79.6 Å². The van der Waals surface area contributed by atoms with Crippen LogP contribution in [0.1, 0.15) is 36.3 Å². The Bertz CT molecular complexity index is 1170. The van der Waals surface area contributed by atoms with Gasteiger partial charge in [-0.3, -0.25) is 9.88 Å². The van der Waals surface area contributed by atoms with E-state index in [0.717, 1.165) is 38.2 Å². The van der Waals surface area contributed by atoms with Gasteiger partial charge in [0.2, 0.25) is 0 Å². The summed E-state index contributed by atoms with van der Waals surface area (Å²) in [6.45, 7) is 4.08. The molecule has 3 aromatic rings. The van der Waals surface area contributed by atoms with E-state index >= 15 is 0 Å². The average molecular weight is 443 g/mol. The number of likely N-dealkylation sites (tertiary alicyclic amines) is 1. The third-order valence-corrected chi connectivity index (χ3v) is 6.88. The predicted molar refractivity (Wildman–Crippen MR) is 129 cm³/mol. The van der Waals surface area contributed by atoms with Gasteiger partial charge in [-0.25, -0.2) is 9.78 Å². The van der Waals surface area contributed by atoms with Crippen LogP contribution in [0.15, 0.2) is 72.9 Å². The Labute approximate surface area is 194 Å². The largest absolute Gasteiger partial charge is 0.465 e. The Morgan fingerprint density at radius 2 is 2.00 bits per heavy atom. The first-order chi connectivity index (χ1) is 16.2. The highest BCUT2D eigenvalue weighted by molar-refractivity contribution is 5.91. The first-order valence-electron chi connectivity index (χ1n) is 11.7. The topological polar surface area (TPSA) is 60.2 Å². The first kappa shape index (κ1) is 21.6. The van der Waals surface area contributed by atoms with Gasteiger partial charge in [-0.1, -0.05) is 18.2 Å². The van der Waals surface area contributed by atoms with Crippen molar-refractivity contribution < 1.29 is 9.53 Å². The van der Waals surface area contributed by atoms with Crippen LogP contribution in [-0.4, -0.2) is 45.6 Å². The van der Waals surface area contributed by atoms with Crippen LogP contribution in [0.5, 0.6) is 0 Å². The average Bonchev–Trinajstić information content (AvgIpc) is 3.27. The molecule has 1 aliphatic heterocycles. The van der Waals surface area contributed by atoms with Crippen molar-refractivity contribution in [1.82, 2.24) is 19.4 Å². The molecule has 2 aliphatic rings. The van der Waals surface area contributed by atoms with E-state index in [2.05, 4.69) is 57.2 Å². The minimum Gasteiger partial charge on any atom is -0.465 e. The van der Waals surface area contributed by atoms with Crippen LogP contribution in [0.3, 0.4) is 0 Å². The first-order valence-corrected chi connectivity index (χ1v) is 11.7. The number of rotatable bonds is 6. The van der Waals surface area contributed by atoms with Crippen LogP contribution < -0.4 is 0 Å². The van der Waals surface area contributed by atoms with Crippen molar-refractivity contribution in [3.63, 3.8) is 0 Å². The highest BCUT2D eigenvalue weighted by Gasteiger charge is 2.22. The third-order valence-electron chi connectivity index (χ3n) is 6.88. The molecule has 5 rings (SSSR count). The van der Waals surface area contributed by atoms with E-state index in [-0.39, 0.29) is 5.97 Å². The maximum atomic E-state index is 11.7. The molecule has 0 amide bonds. The third kappa shape index (κ3) is 4.91. The van der Waals surface area contributed by atoms with E-state index in [9.17, 15) is 4.79 Å². The number of nitrogens with zero attached hydrogens (tertiary/aromatic N) is 4. The van der Waals surface area contributed by atoms with Gasteiger partial charge in [0.25, 0.3) is 0 Å². The van der Waals surface area contributed by atoms with E-state index < -0.39 is 0 Å². The number of methoxy groups -OCH3 is 1. The summed E-state index contributed by atoms with van der Waals surface area (Å²) in [4.78, 5) is 23.2. The summed E-state index contributed by atoms with van der Waals surface area (Å²) in [6, 6.07) is 8.71. The summed E-state index contributed by atoms with van der Waals surface area (Å²) in [5, 5.41) is 1.21. The number of hydrogen-bond acceptors (Lipinski definition) is 5. The molecule has 0 aromatic carbocycles. The zero-order valence-corrected chi connectivity index (χ0v) is 19.1. The molecule has 170 valence electrons. The van der Waals surface area contributed by atoms with Gasteiger partial charge < -0.3 is 9.30 Å². The number of piperidine rings is 1. The Morgan fingerprint density at radius 3 is 2.73 bits per heavy atom. The molecule has 0 bridgehead atoms. The molecule has 1 fully saturated rings. The second-order valence-electron chi connectivity index (χ2n) is 9.06. The standard InChI is InChI=1S/C27H30N4O2/c1-33-27(32)23-4-2-20(3-5-23)19-31-15-10-24-16-25(17-29-26(24)31)22-8-13-30(14-9-22)18-21-6-11-28-12-7-21/h2,4-7,10-12,15-17,20,22H,3,8-9,13-14,18-19H2,1H3. The number of ether oxygens (including phenoxy) is 1. The predicted octanol–water partition coefficient (Wildman–Crippen LogP) is 4.49. The maximum absolute atomic E-state index is 11.7. The lowest BCUT2D eigenvalue weighted by molar-refractivity contribution is -0.135. The molecule has 1 aliphatic carbocycles. The van der Waals surface area contributed by atoms with Crippen LogP contribution in [0.4, 0.5) is 0 Å². The van der Waals surface area contributed by atoms with Gasteiger partial charge in [0.15, 0.2) is 0 Å². The zero-order valence-electron chi connectivity index (χ0n) is 19.1. The van der Waals surface area contributed by atoms with Gasteiger partial charge in [0, 0.05) is 43.3 Å². The fraction of sp³-hybridized carbons (Fsp3) is 0.370. The lowest BCUT2D eigenvalue weighted by atomic mass is 9.90. The minimum atomic E-state index is -0.270. The van der Waals surface area contributed by atoms with Crippen LogP contribution in [0.2, 0.25) is 0 Å². The van der Waals surface area contributed by atoms with Crippen LogP contribution in [0.25, 0.3) is 11.0 Å². The molecule has 0 saturated carbocycles. The molecule has 33 heavy (non-hydrogen) atoms. The summed E-state index contributed by atoms with van der Waals surface area (Å²) in [5.41, 5.74) is 4.36. The monoisotopic (exact) mass is 442 g/mol. The van der Waals surface area contributed by atoms with E-state index in [1.165, 1.54) is 36.5 Å². The molecule has 6 heteroatoms. The Kier molecular flexibility index (Phi) is 6.35. The molecule has 6 nitrogen and oxygen atoms in total. The van der Waals surface area contributed by atoms with E-state index in [4.69, 9.17) is 9.72 Å². The van der Waals surface area contributed by atoms with Gasteiger partial charge in [-0.2, -0.15) is 0 Å². The quantitative estimate of drug-likeness (QED) is 0.527. The second kappa shape index (κ2) is 9.71. The van der Waals surface area contributed by atoms with Crippen molar-refractivity contribution in [2.24, 2.45) is 5.92 Å². The van der Waals surface area contributed by atoms with Crippen molar-refractivity contribution in [3.05, 3.63) is 84.0 Å². The van der Waals surface area contributed by atoms with E-state index in [1.807, 2.05) is 24.5 Å². The van der Waals surface area contributed by atoms with Crippen molar-refractivity contribution in [2.45, 2.75) is 38.3 Å². The fourth-order valence-electron chi connectivity index (χ4n) is 4.96. The molecule has 0 N–H and O–H groups in total. The van der Waals surface area contributed by atoms with Crippen molar-refractivity contribution >= 4 is 17.0 Å². The van der Waals surface area contributed by atoms with E-state index in [0.29, 0.717) is 17.4 Å². The molecular weight excluding hydrogens is 412 g/mol. The number of fused-ring (bicyclic) bond motifs is 1. The highest BCUT2D eigenvalue weighted by atomic mass is 16.5. The number of esters is 1. The molecule has 1 unspecified atom stereocenters. The molecule has 1 atom stereocenters. The zero-order chi connectivity index (χ0) is 22.6. The van der Waals surface area contributed by atoms with Crippen LogP contribution in [0, 0.1) is 5.92 Å². The summed E-state index contributed by atoms with van der Waals surface area (Å²) in [6.07, 6.45) is 17.1. The van der Waals surface area contributed by atoms with Crippen LogP contribution in [-0.2, 0) is 22.6 Å². The van der Waals surface area contributed by atoms with Gasteiger partial charge in [0.05, 0.1) is 12.7 Å². The molecule has 0 spiro atoms. The molecule has 4 heterocycles. The maximum Gasteiger partial charge on any atom is 0.337 e. The van der Waals surface area contributed by atoms with Crippen LogP contribution >= 0.6 is 0 Å². The number of carbonyl (C=O) groups excluding carboxylic acids is 1. The van der Waals surface area contributed by atoms with Crippen molar-refractivity contribution in [2.75, 3.05) is 20.2 Å². The molecule has 1 saturated heterocycles. The number of carbonyl (C=O) groups is 1. The molecule has 0 radical (unpaired) electrons. The lowest BCUT2D eigenvalue weighted by Gasteiger charge is -2.32. The van der Waals surface area contributed by atoms with Crippen molar-refractivity contribution in [3.8, 4) is 0 Å². The summed E-state index contributed by atoms with van der Waals surface area (Å²) in [7, 11) is 1.42. The molecule has 3 aromatic heterocycles. The lowest BCUT2D eigenvalue weighted by Crippen LogP contribution is -2.32. The second-order valence-corrected chi connectivity index (χ2v) is 9.06. The van der Waals surface area contributed by atoms with E-state index in [1.54, 1.807) is 0 Å². The summed E-state index contributed by atoms with van der Waals surface area (Å²) >= 11 is 0. The number of aromatic nitrogens is 3. The Balaban J connectivity index is 1.20. The number of pyridine rings is 2. The number of allylic oxidation sites excluding steroid dienone is 2. The van der Waals surface area contributed by atoms with Gasteiger partial charge in [0.1, 0.15) is 5.65 Å². The minimum absolute atomic E-state index is 0.270. The van der Waals surface area contributed by atoms with Gasteiger partial charge in [-0.15, -0.1) is 0 Å². The smallest absolute Gasteiger partial charge is 0.337 e. The van der Waals surface area contributed by atoms with Crippen molar-refractivity contribution in [1.29, 1.82) is 0 Å². The summed E-state index contributed by atoms with van der Waals surface area (Å²) in [5.74, 6) is 0.649.